The summed E-state index contributed by atoms with van der Waals surface area (Å²) in [5, 5.41) is 0. The van der Waals surface area contributed by atoms with Crippen LogP contribution in [0.1, 0.15) is 16.1 Å². The molecule has 0 atom stereocenters. The van der Waals surface area contributed by atoms with Crippen molar-refractivity contribution in [3.63, 3.8) is 0 Å². The Hall–Kier alpha value is -1.34. The van der Waals surface area contributed by atoms with Crippen LogP contribution < -0.4 is 0 Å². The Bertz CT molecular complexity index is 386. The number of pyridine rings is 1. The van der Waals surface area contributed by atoms with E-state index in [-0.39, 0.29) is 25.3 Å². The molecule has 0 aliphatic heterocycles. The number of rotatable bonds is 2. The molecule has 0 saturated carbocycles. The second-order valence-electron chi connectivity index (χ2n) is 2.91. The van der Waals surface area contributed by atoms with Gasteiger partial charge in [0, 0.05) is 31.2 Å². The van der Waals surface area contributed by atoms with Crippen LogP contribution in [0, 0.1) is 0 Å². The van der Waals surface area contributed by atoms with E-state index >= 15 is 0 Å². The van der Waals surface area contributed by atoms with Crippen LogP contribution >= 0.6 is 0 Å². The first-order valence-electron chi connectivity index (χ1n) is 4.39. The van der Waals surface area contributed by atoms with Gasteiger partial charge in [0.1, 0.15) is 5.69 Å². The molecule has 1 heterocycles. The summed E-state index contributed by atoms with van der Waals surface area (Å²) in [7, 11) is 0. The van der Waals surface area contributed by atoms with Crippen molar-refractivity contribution in [1.82, 2.24) is 4.98 Å². The first-order chi connectivity index (χ1) is 6.88. The van der Waals surface area contributed by atoms with Gasteiger partial charge in [-0.05, 0) is 12.1 Å². The van der Waals surface area contributed by atoms with Gasteiger partial charge < -0.3 is 0 Å². The summed E-state index contributed by atoms with van der Waals surface area (Å²) < 4.78 is 0. The van der Waals surface area contributed by atoms with Crippen molar-refractivity contribution in [3.05, 3.63) is 66.0 Å². The third kappa shape index (κ3) is 2.80. The zero-order chi connectivity index (χ0) is 9.80. The van der Waals surface area contributed by atoms with Gasteiger partial charge in [0.05, 0.1) is 0 Å². The van der Waals surface area contributed by atoms with Crippen LogP contribution in [-0.2, 0) is 19.5 Å². The Kier molecular flexibility index (Phi) is 4.32. The summed E-state index contributed by atoms with van der Waals surface area (Å²) in [6.45, 7) is 0. The zero-order valence-corrected chi connectivity index (χ0v) is 9.52. The minimum Gasteiger partial charge on any atom is -0.287 e. The predicted octanol–water partition coefficient (Wildman–Crippen LogP) is 2.31. The van der Waals surface area contributed by atoms with Gasteiger partial charge in [-0.1, -0.05) is 36.4 Å². The quantitative estimate of drug-likeness (QED) is 0.626. The Balaban J connectivity index is 0.00000112. The summed E-state index contributed by atoms with van der Waals surface area (Å²) in [6, 6.07) is 14.5. The summed E-state index contributed by atoms with van der Waals surface area (Å²) in [5.41, 5.74) is 1.16. The van der Waals surface area contributed by atoms with Crippen molar-refractivity contribution >= 4 is 5.78 Å². The molecule has 2 nitrogen and oxygen atoms in total. The number of carbonyl (C=O) groups is 1. The first kappa shape index (κ1) is 11.7. The molecule has 0 N–H and O–H groups in total. The second-order valence-corrected chi connectivity index (χ2v) is 2.91. The van der Waals surface area contributed by atoms with Crippen molar-refractivity contribution in [2.24, 2.45) is 0 Å². The monoisotopic (exact) mass is 286 g/mol. The van der Waals surface area contributed by atoms with E-state index in [1.54, 1.807) is 30.5 Å². The predicted molar refractivity (Wildman–Crippen MR) is 54.1 cm³/mol. The average molecular weight is 286 g/mol. The number of nitrogens with zero attached hydrogens (tertiary/aromatic N) is 1. The van der Waals surface area contributed by atoms with Gasteiger partial charge >= 0.3 is 0 Å². The molecule has 2 rings (SSSR count). The summed E-state index contributed by atoms with van der Waals surface area (Å²) in [5.74, 6) is -0.0359. The minimum absolute atomic E-state index is 0. The van der Waals surface area contributed by atoms with Crippen LogP contribution in [-0.4, -0.2) is 10.8 Å². The molecule has 0 spiro atoms. The first-order valence-corrected chi connectivity index (χ1v) is 4.39. The molecule has 0 bridgehead atoms. The van der Waals surface area contributed by atoms with Crippen LogP contribution in [0.25, 0.3) is 0 Å². The topological polar surface area (TPSA) is 30.0 Å². The van der Waals surface area contributed by atoms with E-state index in [9.17, 15) is 4.79 Å². The van der Waals surface area contributed by atoms with Crippen LogP contribution in [0.4, 0.5) is 0 Å². The molecule has 2 aromatic rings. The smallest absolute Gasteiger partial charge is 0.211 e. The number of hydrogen-bond donors (Lipinski definition) is 0. The number of carbonyl (C=O) groups excluding carboxylic acids is 1. The van der Waals surface area contributed by atoms with Crippen molar-refractivity contribution in [3.8, 4) is 0 Å². The molecule has 0 amide bonds. The SMILES string of the molecule is O=C(c1ccccc1)c1ccccn1.[Rh]. The fourth-order valence-corrected chi connectivity index (χ4v) is 1.23. The van der Waals surface area contributed by atoms with E-state index in [1.165, 1.54) is 0 Å². The average Bonchev–Trinajstić information content (AvgIpc) is 2.30. The normalized spacial score (nSPS) is 9.07. The maximum Gasteiger partial charge on any atom is 0.211 e. The fraction of sp³-hybridized carbons (Fsp3) is 0. The van der Waals surface area contributed by atoms with Gasteiger partial charge in [-0.15, -0.1) is 0 Å². The van der Waals surface area contributed by atoms with Crippen LogP contribution in [0.3, 0.4) is 0 Å². The summed E-state index contributed by atoms with van der Waals surface area (Å²) in [6.07, 6.45) is 1.62. The van der Waals surface area contributed by atoms with E-state index in [0.29, 0.717) is 11.3 Å². The van der Waals surface area contributed by atoms with E-state index in [1.807, 2.05) is 24.3 Å². The molecule has 0 saturated heterocycles. The zero-order valence-electron chi connectivity index (χ0n) is 7.88. The molecular weight excluding hydrogens is 277 g/mol. The fourth-order valence-electron chi connectivity index (χ4n) is 1.23. The van der Waals surface area contributed by atoms with Crippen molar-refractivity contribution < 1.29 is 24.3 Å². The molecule has 1 radical (unpaired) electrons. The van der Waals surface area contributed by atoms with Crippen LogP contribution in [0.2, 0.25) is 0 Å². The molecule has 0 aliphatic carbocycles. The van der Waals surface area contributed by atoms with Gasteiger partial charge in [0.2, 0.25) is 5.78 Å². The summed E-state index contributed by atoms with van der Waals surface area (Å²) in [4.78, 5) is 15.8. The standard InChI is InChI=1S/C12H9NO.Rh/c14-12(10-6-2-1-3-7-10)11-8-4-5-9-13-11;/h1-9H;. The summed E-state index contributed by atoms with van der Waals surface area (Å²) >= 11 is 0. The Morgan fingerprint density at radius 1 is 0.933 bits per heavy atom. The minimum atomic E-state index is -0.0359. The molecule has 0 unspecified atom stereocenters. The van der Waals surface area contributed by atoms with Crippen LogP contribution in [0.15, 0.2) is 54.7 Å². The van der Waals surface area contributed by atoms with Crippen LogP contribution in [0.5, 0.6) is 0 Å². The van der Waals surface area contributed by atoms with Gasteiger partial charge in [0.15, 0.2) is 0 Å². The Morgan fingerprint density at radius 2 is 1.60 bits per heavy atom. The Morgan fingerprint density at radius 3 is 2.20 bits per heavy atom. The van der Waals surface area contributed by atoms with Gasteiger partial charge in [-0.25, -0.2) is 0 Å². The third-order valence-corrected chi connectivity index (χ3v) is 1.93. The van der Waals surface area contributed by atoms with Gasteiger partial charge in [-0.3, -0.25) is 9.78 Å². The number of ketones is 1. The molecule has 0 fully saturated rings. The number of benzene rings is 1. The van der Waals surface area contributed by atoms with Crippen molar-refractivity contribution in [1.29, 1.82) is 0 Å². The molecular formula is C12H9NORh. The van der Waals surface area contributed by atoms with E-state index < -0.39 is 0 Å². The molecule has 1 aromatic heterocycles. The van der Waals surface area contributed by atoms with Crippen molar-refractivity contribution in [2.75, 3.05) is 0 Å². The van der Waals surface area contributed by atoms with Gasteiger partial charge in [-0.2, -0.15) is 0 Å². The molecule has 77 valence electrons. The largest absolute Gasteiger partial charge is 0.287 e. The molecule has 1 aromatic carbocycles. The Labute approximate surface area is 101 Å². The van der Waals surface area contributed by atoms with Crippen molar-refractivity contribution in [2.45, 2.75) is 0 Å². The molecule has 15 heavy (non-hydrogen) atoms. The van der Waals surface area contributed by atoms with E-state index in [0.717, 1.165) is 0 Å². The maximum absolute atomic E-state index is 11.8. The van der Waals surface area contributed by atoms with E-state index in [2.05, 4.69) is 4.98 Å². The second kappa shape index (κ2) is 5.52. The maximum atomic E-state index is 11.8. The third-order valence-electron chi connectivity index (χ3n) is 1.93. The number of hydrogen-bond acceptors (Lipinski definition) is 2. The molecule has 0 aliphatic rings. The van der Waals surface area contributed by atoms with E-state index in [4.69, 9.17) is 0 Å². The molecule has 3 heteroatoms. The number of aromatic nitrogens is 1. The van der Waals surface area contributed by atoms with Gasteiger partial charge in [0.25, 0.3) is 0 Å².